The third-order valence-corrected chi connectivity index (χ3v) is 4.57. The highest BCUT2D eigenvalue weighted by Gasteiger charge is 2.30. The molecule has 0 aromatic heterocycles. The molecule has 0 heterocycles. The maximum absolute atomic E-state index is 3.76. The van der Waals surface area contributed by atoms with Crippen LogP contribution in [0.4, 0.5) is 0 Å². The van der Waals surface area contributed by atoms with Crippen molar-refractivity contribution in [3.63, 3.8) is 0 Å². The van der Waals surface area contributed by atoms with Gasteiger partial charge in [0.25, 0.3) is 0 Å². The van der Waals surface area contributed by atoms with E-state index in [0.717, 1.165) is 19.1 Å². The highest BCUT2D eigenvalue weighted by atomic mass is 15.2. The van der Waals surface area contributed by atoms with Gasteiger partial charge in [-0.25, -0.2) is 0 Å². The van der Waals surface area contributed by atoms with E-state index in [1.54, 1.807) is 0 Å². The van der Waals surface area contributed by atoms with Crippen molar-refractivity contribution in [2.45, 2.75) is 65.5 Å². The standard InChI is InChI=1S/C19H32N2/c1-5-11-20-19(14-21(12-6-2)18-9-10-18)17-8-7-15(3)16(4)13-17/h7-8,13,18-20H,5-6,9-12,14H2,1-4H3. The van der Waals surface area contributed by atoms with E-state index in [1.165, 1.54) is 48.9 Å². The van der Waals surface area contributed by atoms with Crippen LogP contribution in [0.25, 0.3) is 0 Å². The number of hydrogen-bond donors (Lipinski definition) is 1. The second-order valence-electron chi connectivity index (χ2n) is 6.58. The topological polar surface area (TPSA) is 15.3 Å². The summed E-state index contributed by atoms with van der Waals surface area (Å²) in [6, 6.07) is 8.28. The molecule has 0 radical (unpaired) electrons. The van der Waals surface area contributed by atoms with Gasteiger partial charge in [0.1, 0.15) is 0 Å². The first-order valence-electron chi connectivity index (χ1n) is 8.70. The molecular formula is C19H32N2. The number of hydrogen-bond acceptors (Lipinski definition) is 2. The summed E-state index contributed by atoms with van der Waals surface area (Å²) in [5.74, 6) is 0. The lowest BCUT2D eigenvalue weighted by atomic mass is 10.00. The minimum absolute atomic E-state index is 0.469. The van der Waals surface area contributed by atoms with Gasteiger partial charge in [-0.15, -0.1) is 0 Å². The van der Waals surface area contributed by atoms with Crippen molar-refractivity contribution in [1.82, 2.24) is 10.2 Å². The molecular weight excluding hydrogens is 256 g/mol. The Kier molecular flexibility index (Phi) is 6.25. The highest BCUT2D eigenvalue weighted by molar-refractivity contribution is 5.32. The molecule has 118 valence electrons. The maximum atomic E-state index is 3.76. The van der Waals surface area contributed by atoms with Crippen molar-refractivity contribution < 1.29 is 0 Å². The minimum atomic E-state index is 0.469. The molecule has 2 heteroatoms. The number of rotatable bonds is 9. The van der Waals surface area contributed by atoms with Gasteiger partial charge < -0.3 is 5.32 Å². The summed E-state index contributed by atoms with van der Waals surface area (Å²) >= 11 is 0. The zero-order valence-corrected chi connectivity index (χ0v) is 14.3. The molecule has 1 aromatic carbocycles. The fraction of sp³-hybridized carbons (Fsp3) is 0.684. The van der Waals surface area contributed by atoms with Crippen LogP contribution in [0.3, 0.4) is 0 Å². The number of nitrogens with zero attached hydrogens (tertiary/aromatic N) is 1. The Hall–Kier alpha value is -0.860. The normalized spacial score (nSPS) is 16.4. The van der Waals surface area contributed by atoms with Crippen LogP contribution in [0.15, 0.2) is 18.2 Å². The van der Waals surface area contributed by atoms with E-state index in [0.29, 0.717) is 6.04 Å². The van der Waals surface area contributed by atoms with E-state index in [1.807, 2.05) is 0 Å². The third kappa shape index (κ3) is 4.82. The van der Waals surface area contributed by atoms with Gasteiger partial charge in [-0.05, 0) is 69.3 Å². The van der Waals surface area contributed by atoms with E-state index >= 15 is 0 Å². The average Bonchev–Trinajstić information content (AvgIpc) is 3.30. The largest absolute Gasteiger partial charge is 0.309 e. The summed E-state index contributed by atoms with van der Waals surface area (Å²) in [4.78, 5) is 2.70. The molecule has 1 fully saturated rings. The second-order valence-corrected chi connectivity index (χ2v) is 6.58. The van der Waals surface area contributed by atoms with Crippen LogP contribution < -0.4 is 5.32 Å². The van der Waals surface area contributed by atoms with E-state index < -0.39 is 0 Å². The second kappa shape index (κ2) is 7.95. The van der Waals surface area contributed by atoms with Gasteiger partial charge in [-0.3, -0.25) is 4.90 Å². The number of benzene rings is 1. The quantitative estimate of drug-likeness (QED) is 0.732. The van der Waals surface area contributed by atoms with Gasteiger partial charge >= 0.3 is 0 Å². The SMILES string of the molecule is CCCNC(CN(CCC)C1CC1)c1ccc(C)c(C)c1. The Morgan fingerprint density at radius 1 is 1.14 bits per heavy atom. The molecule has 0 bridgehead atoms. The first-order valence-corrected chi connectivity index (χ1v) is 8.70. The summed E-state index contributed by atoms with van der Waals surface area (Å²) in [5.41, 5.74) is 4.25. The molecule has 1 unspecified atom stereocenters. The Morgan fingerprint density at radius 3 is 2.48 bits per heavy atom. The molecule has 1 atom stereocenters. The molecule has 1 aliphatic rings. The van der Waals surface area contributed by atoms with Gasteiger partial charge in [0, 0.05) is 18.6 Å². The summed E-state index contributed by atoms with van der Waals surface area (Å²) in [7, 11) is 0. The fourth-order valence-electron chi connectivity index (χ4n) is 2.97. The van der Waals surface area contributed by atoms with E-state index in [-0.39, 0.29) is 0 Å². The van der Waals surface area contributed by atoms with E-state index in [9.17, 15) is 0 Å². The smallest absolute Gasteiger partial charge is 0.0449 e. The van der Waals surface area contributed by atoms with Gasteiger partial charge in [0.05, 0.1) is 0 Å². The fourth-order valence-corrected chi connectivity index (χ4v) is 2.97. The van der Waals surface area contributed by atoms with Crippen LogP contribution in [0, 0.1) is 13.8 Å². The first-order chi connectivity index (χ1) is 10.2. The molecule has 1 aromatic rings. The van der Waals surface area contributed by atoms with Crippen molar-refractivity contribution in [3.8, 4) is 0 Å². The monoisotopic (exact) mass is 288 g/mol. The molecule has 0 amide bonds. The molecule has 0 spiro atoms. The molecule has 0 aliphatic heterocycles. The van der Waals surface area contributed by atoms with Crippen molar-refractivity contribution in [2.24, 2.45) is 0 Å². The van der Waals surface area contributed by atoms with Crippen LogP contribution >= 0.6 is 0 Å². The molecule has 1 saturated carbocycles. The summed E-state index contributed by atoms with van der Waals surface area (Å²) in [5, 5.41) is 3.76. The Bertz CT molecular complexity index is 437. The lowest BCUT2D eigenvalue weighted by Gasteiger charge is -2.28. The van der Waals surface area contributed by atoms with Gasteiger partial charge in [0.15, 0.2) is 0 Å². The van der Waals surface area contributed by atoms with Crippen molar-refractivity contribution in [2.75, 3.05) is 19.6 Å². The van der Waals surface area contributed by atoms with Crippen LogP contribution in [-0.4, -0.2) is 30.6 Å². The van der Waals surface area contributed by atoms with Crippen LogP contribution in [0.1, 0.15) is 62.3 Å². The predicted octanol–water partition coefficient (Wildman–Crippen LogP) is 4.22. The Morgan fingerprint density at radius 2 is 1.90 bits per heavy atom. The lowest BCUT2D eigenvalue weighted by molar-refractivity contribution is 0.233. The Labute approximate surface area is 130 Å². The maximum Gasteiger partial charge on any atom is 0.0449 e. The summed E-state index contributed by atoms with van der Waals surface area (Å²) in [6.45, 7) is 12.4. The van der Waals surface area contributed by atoms with Crippen LogP contribution in [0.2, 0.25) is 0 Å². The van der Waals surface area contributed by atoms with Gasteiger partial charge in [-0.2, -0.15) is 0 Å². The molecule has 1 aliphatic carbocycles. The third-order valence-electron chi connectivity index (χ3n) is 4.57. The van der Waals surface area contributed by atoms with Gasteiger partial charge in [0.2, 0.25) is 0 Å². The average molecular weight is 288 g/mol. The predicted molar refractivity (Wildman–Crippen MR) is 91.8 cm³/mol. The lowest BCUT2D eigenvalue weighted by Crippen LogP contribution is -2.37. The first kappa shape index (κ1) is 16.5. The van der Waals surface area contributed by atoms with Crippen LogP contribution in [-0.2, 0) is 0 Å². The van der Waals surface area contributed by atoms with Crippen LogP contribution in [0.5, 0.6) is 0 Å². The molecule has 0 saturated heterocycles. The molecule has 2 rings (SSSR count). The van der Waals surface area contributed by atoms with Crippen molar-refractivity contribution in [3.05, 3.63) is 34.9 Å². The number of nitrogens with one attached hydrogen (secondary N) is 1. The molecule has 21 heavy (non-hydrogen) atoms. The minimum Gasteiger partial charge on any atom is -0.309 e. The van der Waals surface area contributed by atoms with E-state index in [2.05, 4.69) is 56.1 Å². The molecule has 1 N–H and O–H groups in total. The molecule has 2 nitrogen and oxygen atoms in total. The zero-order valence-electron chi connectivity index (χ0n) is 14.3. The summed E-state index contributed by atoms with van der Waals surface area (Å²) in [6.07, 6.45) is 5.24. The zero-order chi connectivity index (χ0) is 15.2. The highest BCUT2D eigenvalue weighted by Crippen LogP contribution is 2.29. The summed E-state index contributed by atoms with van der Waals surface area (Å²) < 4.78 is 0. The Balaban J connectivity index is 2.10. The van der Waals surface area contributed by atoms with Crippen molar-refractivity contribution >= 4 is 0 Å². The van der Waals surface area contributed by atoms with E-state index in [4.69, 9.17) is 0 Å². The van der Waals surface area contributed by atoms with Crippen molar-refractivity contribution in [1.29, 1.82) is 0 Å². The number of aryl methyl sites for hydroxylation is 2. The van der Waals surface area contributed by atoms with Gasteiger partial charge in [-0.1, -0.05) is 32.0 Å².